The minimum atomic E-state index is -0.194. The fourth-order valence-corrected chi connectivity index (χ4v) is 4.12. The zero-order chi connectivity index (χ0) is 23.0. The van der Waals surface area contributed by atoms with E-state index >= 15 is 0 Å². The first-order chi connectivity index (χ1) is 15.3. The number of likely N-dealkylation sites (tertiary alicyclic amines) is 1. The molecule has 2 aromatic heterocycles. The molecule has 2 amide bonds. The van der Waals surface area contributed by atoms with Gasteiger partial charge in [0.25, 0.3) is 11.8 Å². The largest absolute Gasteiger partial charge is 0.350 e. The second-order valence-corrected chi connectivity index (χ2v) is 8.72. The topological polar surface area (TPSA) is 96.2 Å². The van der Waals surface area contributed by atoms with E-state index in [1.165, 1.54) is 0 Å². The number of para-hydroxylation sites is 1. The molecule has 0 radical (unpaired) electrons. The monoisotopic (exact) mass is 435 g/mol. The number of benzene rings is 1. The second-order valence-electron chi connectivity index (χ2n) is 8.72. The number of amides is 2. The zero-order valence-corrected chi connectivity index (χ0v) is 19.2. The van der Waals surface area contributed by atoms with Crippen LogP contribution in [0.15, 0.2) is 30.5 Å². The van der Waals surface area contributed by atoms with Crippen molar-refractivity contribution < 1.29 is 9.59 Å². The maximum Gasteiger partial charge on any atom is 0.275 e. The lowest BCUT2D eigenvalue weighted by Gasteiger charge is -2.19. The molecule has 9 heteroatoms. The highest BCUT2D eigenvalue weighted by Crippen LogP contribution is 2.31. The van der Waals surface area contributed by atoms with Crippen LogP contribution in [-0.2, 0) is 7.05 Å². The standard InChI is InChI=1S/C23H29N7O2/c1-14(2)25-21(31)17-12-24-23(28(3)4)26-19(17)15-10-11-30(13-15)22(32)20-16-8-6-7-9-18(16)29(5)27-20/h6-9,12,14-15H,10-11,13H2,1-5H3,(H,25,31). The molecule has 0 spiro atoms. The van der Waals surface area contributed by atoms with Crippen LogP contribution >= 0.6 is 0 Å². The molecule has 1 aromatic carbocycles. The molecule has 4 rings (SSSR count). The Morgan fingerprint density at radius 2 is 1.97 bits per heavy atom. The summed E-state index contributed by atoms with van der Waals surface area (Å²) < 4.78 is 1.73. The van der Waals surface area contributed by atoms with Crippen molar-refractivity contribution >= 4 is 28.7 Å². The van der Waals surface area contributed by atoms with Crippen LogP contribution in [-0.4, -0.2) is 69.7 Å². The minimum absolute atomic E-state index is 0.00275. The molecule has 0 saturated carbocycles. The molecule has 0 aliphatic carbocycles. The molecule has 0 bridgehead atoms. The molecule has 1 unspecified atom stereocenters. The van der Waals surface area contributed by atoms with Gasteiger partial charge in [-0.15, -0.1) is 0 Å². The molecule has 1 N–H and O–H groups in total. The van der Waals surface area contributed by atoms with E-state index in [1.807, 2.05) is 64.2 Å². The number of fused-ring (bicyclic) bond motifs is 1. The van der Waals surface area contributed by atoms with Crippen molar-refractivity contribution in [2.24, 2.45) is 7.05 Å². The Bertz CT molecular complexity index is 1170. The van der Waals surface area contributed by atoms with E-state index in [1.54, 1.807) is 15.8 Å². The van der Waals surface area contributed by atoms with Gasteiger partial charge in [-0.2, -0.15) is 5.10 Å². The number of hydrogen-bond donors (Lipinski definition) is 1. The Kier molecular flexibility index (Phi) is 5.82. The van der Waals surface area contributed by atoms with E-state index < -0.39 is 0 Å². The Hall–Kier alpha value is -3.49. The lowest BCUT2D eigenvalue weighted by Crippen LogP contribution is -2.32. The third-order valence-corrected chi connectivity index (χ3v) is 5.69. The van der Waals surface area contributed by atoms with Gasteiger partial charge in [0.15, 0.2) is 5.69 Å². The third-order valence-electron chi connectivity index (χ3n) is 5.69. The van der Waals surface area contributed by atoms with Gasteiger partial charge < -0.3 is 15.1 Å². The van der Waals surface area contributed by atoms with Crippen LogP contribution in [0.2, 0.25) is 0 Å². The summed E-state index contributed by atoms with van der Waals surface area (Å²) in [5.74, 6) is 0.199. The first kappa shape index (κ1) is 21.7. The highest BCUT2D eigenvalue weighted by Gasteiger charge is 2.33. The van der Waals surface area contributed by atoms with Gasteiger partial charge in [-0.1, -0.05) is 18.2 Å². The van der Waals surface area contributed by atoms with Crippen LogP contribution in [0.4, 0.5) is 5.95 Å². The maximum atomic E-state index is 13.3. The lowest BCUT2D eigenvalue weighted by atomic mass is 9.99. The molecule has 1 atom stereocenters. The molecule has 3 heterocycles. The zero-order valence-electron chi connectivity index (χ0n) is 19.2. The molecular weight excluding hydrogens is 406 g/mol. The second kappa shape index (κ2) is 8.57. The molecule has 1 aliphatic heterocycles. The van der Waals surface area contributed by atoms with Crippen LogP contribution in [0, 0.1) is 0 Å². The highest BCUT2D eigenvalue weighted by molar-refractivity contribution is 6.05. The molecule has 1 saturated heterocycles. The van der Waals surface area contributed by atoms with Crippen molar-refractivity contribution in [3.63, 3.8) is 0 Å². The van der Waals surface area contributed by atoms with Crippen molar-refractivity contribution in [3.8, 4) is 0 Å². The van der Waals surface area contributed by atoms with E-state index in [-0.39, 0.29) is 23.8 Å². The number of anilines is 1. The normalized spacial score (nSPS) is 16.1. The van der Waals surface area contributed by atoms with Crippen molar-refractivity contribution in [1.29, 1.82) is 0 Å². The SMILES string of the molecule is CC(C)NC(=O)c1cnc(N(C)C)nc1C1CCN(C(=O)c2nn(C)c3ccccc23)C1. The Labute approximate surface area is 187 Å². The predicted molar refractivity (Wildman–Crippen MR) is 123 cm³/mol. The Morgan fingerprint density at radius 3 is 2.69 bits per heavy atom. The van der Waals surface area contributed by atoms with E-state index in [4.69, 9.17) is 4.98 Å². The summed E-state index contributed by atoms with van der Waals surface area (Å²) in [6.45, 7) is 4.90. The summed E-state index contributed by atoms with van der Waals surface area (Å²) >= 11 is 0. The average molecular weight is 436 g/mol. The minimum Gasteiger partial charge on any atom is -0.350 e. The van der Waals surface area contributed by atoms with Crippen molar-refractivity contribution in [1.82, 2.24) is 30.0 Å². The summed E-state index contributed by atoms with van der Waals surface area (Å²) in [6.07, 6.45) is 2.31. The van der Waals surface area contributed by atoms with E-state index in [0.29, 0.717) is 36.0 Å². The van der Waals surface area contributed by atoms with Gasteiger partial charge in [-0.25, -0.2) is 9.97 Å². The third kappa shape index (κ3) is 4.02. The Morgan fingerprint density at radius 1 is 1.22 bits per heavy atom. The number of carbonyl (C=O) groups is 2. The van der Waals surface area contributed by atoms with Gasteiger partial charge in [0.05, 0.1) is 16.8 Å². The number of aryl methyl sites for hydroxylation is 1. The molecule has 1 fully saturated rings. The molecule has 168 valence electrons. The smallest absolute Gasteiger partial charge is 0.275 e. The number of aromatic nitrogens is 4. The summed E-state index contributed by atoms with van der Waals surface area (Å²) in [7, 11) is 5.57. The number of hydrogen-bond acceptors (Lipinski definition) is 6. The van der Waals surface area contributed by atoms with Crippen LogP contribution in [0.1, 0.15) is 52.7 Å². The van der Waals surface area contributed by atoms with E-state index in [0.717, 1.165) is 17.3 Å². The molecule has 32 heavy (non-hydrogen) atoms. The molecular formula is C23H29N7O2. The predicted octanol–water partition coefficient (Wildman–Crippen LogP) is 2.20. The Balaban J connectivity index is 1.63. The van der Waals surface area contributed by atoms with Crippen LogP contribution in [0.3, 0.4) is 0 Å². The molecule has 1 aliphatic rings. The summed E-state index contributed by atoms with van der Waals surface area (Å²) in [5.41, 5.74) is 2.53. The summed E-state index contributed by atoms with van der Waals surface area (Å²) in [4.78, 5) is 38.8. The number of nitrogens with zero attached hydrogens (tertiary/aromatic N) is 6. The van der Waals surface area contributed by atoms with Crippen LogP contribution in [0.5, 0.6) is 0 Å². The lowest BCUT2D eigenvalue weighted by molar-refractivity contribution is 0.0786. The van der Waals surface area contributed by atoms with Crippen LogP contribution in [0.25, 0.3) is 10.9 Å². The number of carbonyl (C=O) groups excluding carboxylic acids is 2. The first-order valence-electron chi connectivity index (χ1n) is 10.8. The van der Waals surface area contributed by atoms with E-state index in [9.17, 15) is 9.59 Å². The number of rotatable bonds is 5. The van der Waals surface area contributed by atoms with Gasteiger partial charge in [0, 0.05) is 57.8 Å². The quantitative estimate of drug-likeness (QED) is 0.660. The van der Waals surface area contributed by atoms with Crippen molar-refractivity contribution in [2.45, 2.75) is 32.2 Å². The van der Waals surface area contributed by atoms with Gasteiger partial charge in [0.2, 0.25) is 5.95 Å². The van der Waals surface area contributed by atoms with E-state index in [2.05, 4.69) is 15.4 Å². The van der Waals surface area contributed by atoms with Crippen molar-refractivity contribution in [3.05, 3.63) is 47.4 Å². The van der Waals surface area contributed by atoms with Gasteiger partial charge >= 0.3 is 0 Å². The van der Waals surface area contributed by atoms with Gasteiger partial charge in [-0.05, 0) is 26.3 Å². The fraction of sp³-hybridized carbons (Fsp3) is 0.435. The fourth-order valence-electron chi connectivity index (χ4n) is 4.12. The maximum absolute atomic E-state index is 13.3. The first-order valence-corrected chi connectivity index (χ1v) is 10.8. The van der Waals surface area contributed by atoms with Gasteiger partial charge in [-0.3, -0.25) is 14.3 Å². The molecule has 3 aromatic rings. The molecule has 9 nitrogen and oxygen atoms in total. The summed E-state index contributed by atoms with van der Waals surface area (Å²) in [6, 6.07) is 7.73. The summed E-state index contributed by atoms with van der Waals surface area (Å²) in [5, 5.41) is 8.25. The van der Waals surface area contributed by atoms with Crippen molar-refractivity contribution in [2.75, 3.05) is 32.1 Å². The van der Waals surface area contributed by atoms with Crippen LogP contribution < -0.4 is 10.2 Å². The highest BCUT2D eigenvalue weighted by atomic mass is 16.2. The van der Waals surface area contributed by atoms with Gasteiger partial charge in [0.1, 0.15) is 0 Å². The average Bonchev–Trinajstić information content (AvgIpc) is 3.38. The number of nitrogens with one attached hydrogen (secondary N) is 1.